The fourth-order valence-corrected chi connectivity index (χ4v) is 4.69. The van der Waals surface area contributed by atoms with Crippen LogP contribution in [0.5, 0.6) is 11.5 Å². The van der Waals surface area contributed by atoms with Gasteiger partial charge in [-0.1, -0.05) is 23.7 Å². The van der Waals surface area contributed by atoms with Crippen LogP contribution in [-0.4, -0.2) is 62.1 Å². The molecule has 8 nitrogen and oxygen atoms in total. The number of hydrogen-bond donors (Lipinski definition) is 1. The van der Waals surface area contributed by atoms with Crippen LogP contribution in [0.1, 0.15) is 16.1 Å². The molecule has 178 valence electrons. The number of piperazine rings is 1. The molecule has 4 rings (SSSR count). The second-order valence-electron chi connectivity index (χ2n) is 7.70. The van der Waals surface area contributed by atoms with Crippen molar-refractivity contribution in [1.29, 1.82) is 0 Å². The van der Waals surface area contributed by atoms with E-state index in [9.17, 15) is 9.59 Å². The van der Waals surface area contributed by atoms with Gasteiger partial charge >= 0.3 is 0 Å². The van der Waals surface area contributed by atoms with Crippen LogP contribution in [0, 0.1) is 0 Å². The summed E-state index contributed by atoms with van der Waals surface area (Å²) in [6.45, 7) is 2.68. The van der Waals surface area contributed by atoms with Crippen LogP contribution in [0.4, 0.5) is 10.8 Å². The molecule has 1 fully saturated rings. The molecule has 0 spiro atoms. The van der Waals surface area contributed by atoms with Crippen molar-refractivity contribution < 1.29 is 19.1 Å². The number of nitrogens with one attached hydrogen (secondary N) is 1. The lowest BCUT2D eigenvalue weighted by Gasteiger charge is -2.36. The van der Waals surface area contributed by atoms with E-state index in [1.54, 1.807) is 23.6 Å². The Hall–Kier alpha value is -3.30. The van der Waals surface area contributed by atoms with E-state index in [-0.39, 0.29) is 18.2 Å². The number of nitrogens with zero attached hydrogens (tertiary/aromatic N) is 3. The minimum absolute atomic E-state index is 0.0134. The highest BCUT2D eigenvalue weighted by atomic mass is 35.5. The summed E-state index contributed by atoms with van der Waals surface area (Å²) in [7, 11) is 3.05. The third-order valence-electron chi connectivity index (χ3n) is 5.54. The normalized spacial score (nSPS) is 13.5. The Morgan fingerprint density at radius 3 is 2.38 bits per heavy atom. The zero-order chi connectivity index (χ0) is 24.1. The molecule has 3 aromatic rings. The fraction of sp³-hybridized carbons (Fsp3) is 0.292. The van der Waals surface area contributed by atoms with Crippen molar-refractivity contribution in [3.8, 4) is 11.5 Å². The number of methoxy groups -OCH3 is 2. The summed E-state index contributed by atoms with van der Waals surface area (Å²) < 4.78 is 10.4. The Morgan fingerprint density at radius 1 is 1.06 bits per heavy atom. The largest absolute Gasteiger partial charge is 0.497 e. The first-order valence-corrected chi connectivity index (χ1v) is 12.0. The van der Waals surface area contributed by atoms with E-state index in [0.717, 1.165) is 18.8 Å². The molecule has 1 aliphatic heterocycles. The van der Waals surface area contributed by atoms with Crippen molar-refractivity contribution in [2.75, 3.05) is 50.6 Å². The van der Waals surface area contributed by atoms with Crippen molar-refractivity contribution in [1.82, 2.24) is 9.88 Å². The number of para-hydroxylation sites is 1. The quantitative estimate of drug-likeness (QED) is 0.528. The summed E-state index contributed by atoms with van der Waals surface area (Å²) in [6.07, 6.45) is 0.186. The first-order valence-electron chi connectivity index (χ1n) is 10.7. The smallest absolute Gasteiger partial charge is 0.257 e. The van der Waals surface area contributed by atoms with E-state index in [2.05, 4.69) is 15.2 Å². The Bertz CT molecular complexity index is 1160. The van der Waals surface area contributed by atoms with Crippen molar-refractivity contribution in [3.63, 3.8) is 0 Å². The third-order valence-corrected chi connectivity index (χ3v) is 6.67. The number of hydrogen-bond acceptors (Lipinski definition) is 7. The van der Waals surface area contributed by atoms with Crippen LogP contribution >= 0.6 is 22.9 Å². The average molecular weight is 501 g/mol. The number of anilines is 2. The lowest BCUT2D eigenvalue weighted by atomic mass is 10.2. The number of carbonyl (C=O) groups excluding carboxylic acids is 2. The van der Waals surface area contributed by atoms with Crippen LogP contribution in [0.15, 0.2) is 47.8 Å². The Labute approximate surface area is 207 Å². The molecule has 0 aliphatic carbocycles. The van der Waals surface area contributed by atoms with E-state index in [0.29, 0.717) is 46.0 Å². The number of aromatic nitrogens is 1. The molecule has 1 aliphatic rings. The van der Waals surface area contributed by atoms with Gasteiger partial charge in [0.15, 0.2) is 5.13 Å². The van der Waals surface area contributed by atoms with E-state index < -0.39 is 0 Å². The molecule has 0 unspecified atom stereocenters. The number of rotatable bonds is 7. The standard InChI is InChI=1S/C24H25ClN4O4S/c1-32-18-11-16(12-19(14-18)33-2)23(31)27-24-26-17(15-34-24)13-22(30)29-9-7-28(8-10-29)21-6-4-3-5-20(21)25/h3-6,11-12,14-15H,7-10,13H2,1-2H3,(H,26,27,31). The number of benzene rings is 2. The van der Waals surface area contributed by atoms with Gasteiger partial charge in [-0.25, -0.2) is 4.98 Å². The SMILES string of the molecule is COc1cc(OC)cc(C(=O)Nc2nc(CC(=O)N3CCN(c4ccccc4Cl)CC3)cs2)c1. The predicted octanol–water partition coefficient (Wildman–Crippen LogP) is 3.96. The summed E-state index contributed by atoms with van der Waals surface area (Å²) >= 11 is 7.58. The van der Waals surface area contributed by atoms with Gasteiger partial charge in [-0.3, -0.25) is 14.9 Å². The number of amides is 2. The first-order chi connectivity index (χ1) is 16.5. The molecule has 34 heavy (non-hydrogen) atoms. The highest BCUT2D eigenvalue weighted by Crippen LogP contribution is 2.27. The summed E-state index contributed by atoms with van der Waals surface area (Å²) in [6, 6.07) is 12.7. The van der Waals surface area contributed by atoms with Gasteiger partial charge in [0.1, 0.15) is 11.5 Å². The number of thiazole rings is 1. The molecule has 2 amide bonds. The maximum absolute atomic E-state index is 12.8. The maximum atomic E-state index is 12.8. The summed E-state index contributed by atoms with van der Waals surface area (Å²) in [5.74, 6) is 0.716. The van der Waals surface area contributed by atoms with Gasteiger partial charge in [-0.2, -0.15) is 0 Å². The van der Waals surface area contributed by atoms with Crippen molar-refractivity contribution >= 4 is 45.6 Å². The molecule has 2 aromatic carbocycles. The maximum Gasteiger partial charge on any atom is 0.257 e. The zero-order valence-corrected chi connectivity index (χ0v) is 20.5. The van der Waals surface area contributed by atoms with E-state index in [4.69, 9.17) is 21.1 Å². The molecule has 1 N–H and O–H groups in total. The van der Waals surface area contributed by atoms with Gasteiger partial charge in [0.2, 0.25) is 5.91 Å². The summed E-state index contributed by atoms with van der Waals surface area (Å²) in [5, 5.41) is 5.71. The molecular weight excluding hydrogens is 476 g/mol. The van der Waals surface area contributed by atoms with Crippen LogP contribution in [0.25, 0.3) is 0 Å². The molecule has 10 heteroatoms. The van der Waals surface area contributed by atoms with Crippen molar-refractivity contribution in [2.24, 2.45) is 0 Å². The Balaban J connectivity index is 1.32. The van der Waals surface area contributed by atoms with Gasteiger partial charge < -0.3 is 19.3 Å². The molecule has 1 saturated heterocycles. The van der Waals surface area contributed by atoms with Crippen LogP contribution < -0.4 is 19.7 Å². The number of halogens is 1. The van der Waals surface area contributed by atoms with E-state index in [1.165, 1.54) is 25.6 Å². The summed E-state index contributed by atoms with van der Waals surface area (Å²) in [5.41, 5.74) is 2.01. The topological polar surface area (TPSA) is 84.0 Å². The van der Waals surface area contributed by atoms with Gasteiger partial charge in [0.25, 0.3) is 5.91 Å². The van der Waals surface area contributed by atoms with Crippen LogP contribution in [0.3, 0.4) is 0 Å². The highest BCUT2D eigenvalue weighted by molar-refractivity contribution is 7.14. The zero-order valence-electron chi connectivity index (χ0n) is 18.9. The minimum atomic E-state index is -0.333. The van der Waals surface area contributed by atoms with Gasteiger partial charge in [-0.05, 0) is 24.3 Å². The lowest BCUT2D eigenvalue weighted by Crippen LogP contribution is -2.49. The fourth-order valence-electron chi connectivity index (χ4n) is 3.73. The average Bonchev–Trinajstić information content (AvgIpc) is 3.30. The molecule has 0 bridgehead atoms. The highest BCUT2D eigenvalue weighted by Gasteiger charge is 2.23. The van der Waals surface area contributed by atoms with Gasteiger partial charge in [0, 0.05) is 43.2 Å². The van der Waals surface area contributed by atoms with Gasteiger partial charge in [0.05, 0.1) is 37.0 Å². The van der Waals surface area contributed by atoms with E-state index >= 15 is 0 Å². The van der Waals surface area contributed by atoms with Gasteiger partial charge in [-0.15, -0.1) is 11.3 Å². The summed E-state index contributed by atoms with van der Waals surface area (Å²) in [4.78, 5) is 33.9. The Morgan fingerprint density at radius 2 is 1.74 bits per heavy atom. The second-order valence-corrected chi connectivity index (χ2v) is 8.96. The second kappa shape index (κ2) is 10.8. The molecule has 0 saturated carbocycles. The first kappa shape index (κ1) is 23.8. The molecule has 2 heterocycles. The van der Waals surface area contributed by atoms with E-state index in [1.807, 2.05) is 29.2 Å². The molecule has 0 radical (unpaired) electrons. The number of carbonyl (C=O) groups is 2. The minimum Gasteiger partial charge on any atom is -0.497 e. The van der Waals surface area contributed by atoms with Crippen molar-refractivity contribution in [3.05, 3.63) is 64.1 Å². The predicted molar refractivity (Wildman–Crippen MR) is 134 cm³/mol. The molecule has 0 atom stereocenters. The third kappa shape index (κ3) is 5.60. The Kier molecular flexibility index (Phi) is 7.54. The molecular formula is C24H25ClN4O4S. The van der Waals surface area contributed by atoms with Crippen molar-refractivity contribution in [2.45, 2.75) is 6.42 Å². The number of ether oxygens (including phenoxy) is 2. The monoisotopic (exact) mass is 500 g/mol. The molecule has 1 aromatic heterocycles. The van der Waals surface area contributed by atoms with Crippen LogP contribution in [-0.2, 0) is 11.2 Å². The lowest BCUT2D eigenvalue weighted by molar-refractivity contribution is -0.130. The van der Waals surface area contributed by atoms with Crippen LogP contribution in [0.2, 0.25) is 5.02 Å².